The third-order valence-electron chi connectivity index (χ3n) is 2.55. The van der Waals surface area contributed by atoms with Crippen molar-refractivity contribution in [2.24, 2.45) is 0 Å². The van der Waals surface area contributed by atoms with E-state index in [-0.39, 0.29) is 12.1 Å². The fourth-order valence-electron chi connectivity index (χ4n) is 1.55. The third-order valence-corrected chi connectivity index (χ3v) is 2.55. The first-order valence-electron chi connectivity index (χ1n) is 5.93. The molecule has 2 N–H and O–H groups in total. The molecule has 1 aromatic carbocycles. The molecule has 20 heavy (non-hydrogen) atoms. The fourth-order valence-corrected chi connectivity index (χ4v) is 1.55. The minimum atomic E-state index is -4.34. The molecule has 0 aliphatic carbocycles. The molecule has 0 spiro atoms. The molecule has 0 heterocycles. The van der Waals surface area contributed by atoms with Gasteiger partial charge in [0.05, 0.1) is 12.0 Å². The van der Waals surface area contributed by atoms with E-state index in [0.717, 1.165) is 0 Å². The number of carbonyl (C=O) groups excluding carboxylic acids is 1. The SMILES string of the molecule is O=C(CCC(F)(F)F)NCCc1cccc(C(=O)O)c1. The number of carbonyl (C=O) groups is 2. The zero-order valence-corrected chi connectivity index (χ0v) is 10.5. The molecule has 1 amide bonds. The van der Waals surface area contributed by atoms with E-state index in [1.165, 1.54) is 12.1 Å². The van der Waals surface area contributed by atoms with E-state index in [9.17, 15) is 22.8 Å². The highest BCUT2D eigenvalue weighted by atomic mass is 19.4. The molecule has 0 bridgehead atoms. The average molecular weight is 289 g/mol. The van der Waals surface area contributed by atoms with Gasteiger partial charge in [-0.3, -0.25) is 4.79 Å². The molecule has 0 unspecified atom stereocenters. The monoisotopic (exact) mass is 289 g/mol. The topological polar surface area (TPSA) is 66.4 Å². The second-order valence-electron chi connectivity index (χ2n) is 4.22. The number of benzene rings is 1. The lowest BCUT2D eigenvalue weighted by Crippen LogP contribution is -2.27. The van der Waals surface area contributed by atoms with Gasteiger partial charge in [0.2, 0.25) is 5.91 Å². The fraction of sp³-hybridized carbons (Fsp3) is 0.385. The Kier molecular flexibility index (Phi) is 5.54. The lowest BCUT2D eigenvalue weighted by Gasteiger charge is -2.07. The number of rotatable bonds is 6. The maximum atomic E-state index is 11.9. The van der Waals surface area contributed by atoms with Crippen LogP contribution in [0.25, 0.3) is 0 Å². The number of carboxylic acids is 1. The predicted octanol–water partition coefficient (Wildman–Crippen LogP) is 2.39. The van der Waals surface area contributed by atoms with Crippen molar-refractivity contribution in [3.05, 3.63) is 35.4 Å². The van der Waals surface area contributed by atoms with Crippen LogP contribution >= 0.6 is 0 Å². The maximum absolute atomic E-state index is 11.9. The molecule has 0 saturated carbocycles. The summed E-state index contributed by atoms with van der Waals surface area (Å²) in [6.45, 7) is 0.166. The third kappa shape index (κ3) is 6.21. The summed E-state index contributed by atoms with van der Waals surface area (Å²) in [4.78, 5) is 21.9. The second-order valence-corrected chi connectivity index (χ2v) is 4.22. The summed E-state index contributed by atoms with van der Waals surface area (Å²) in [6, 6.07) is 6.16. The number of aromatic carboxylic acids is 1. The molecular formula is C13H14F3NO3. The molecule has 0 saturated heterocycles. The molecule has 0 atom stereocenters. The molecular weight excluding hydrogens is 275 g/mol. The molecule has 1 aromatic rings. The maximum Gasteiger partial charge on any atom is 0.389 e. The van der Waals surface area contributed by atoms with Crippen LogP contribution in [0.3, 0.4) is 0 Å². The summed E-state index contributed by atoms with van der Waals surface area (Å²) in [6.07, 6.45) is -5.72. The Labute approximate surface area is 113 Å². The Morgan fingerprint density at radius 3 is 2.55 bits per heavy atom. The molecule has 0 aromatic heterocycles. The molecule has 7 heteroatoms. The number of alkyl halides is 3. The summed E-state index contributed by atoms with van der Waals surface area (Å²) in [5.41, 5.74) is 0.826. The lowest BCUT2D eigenvalue weighted by molar-refractivity contribution is -0.144. The van der Waals surface area contributed by atoms with Gasteiger partial charge in [-0.2, -0.15) is 13.2 Å². The Morgan fingerprint density at radius 2 is 1.95 bits per heavy atom. The van der Waals surface area contributed by atoms with Crippen molar-refractivity contribution in [3.63, 3.8) is 0 Å². The molecule has 0 aliphatic heterocycles. The van der Waals surface area contributed by atoms with Crippen LogP contribution in [0.1, 0.15) is 28.8 Å². The largest absolute Gasteiger partial charge is 0.478 e. The predicted molar refractivity (Wildman–Crippen MR) is 65.4 cm³/mol. The van der Waals surface area contributed by atoms with Gasteiger partial charge >= 0.3 is 12.1 Å². The van der Waals surface area contributed by atoms with Crippen LogP contribution in [0.15, 0.2) is 24.3 Å². The van der Waals surface area contributed by atoms with Crippen molar-refractivity contribution < 1.29 is 27.9 Å². The average Bonchev–Trinajstić information content (AvgIpc) is 2.36. The molecule has 0 aliphatic rings. The van der Waals surface area contributed by atoms with E-state index in [1.54, 1.807) is 12.1 Å². The Hall–Kier alpha value is -2.05. The first-order chi connectivity index (χ1) is 9.28. The number of amides is 1. The van der Waals surface area contributed by atoms with Crippen LogP contribution in [0.4, 0.5) is 13.2 Å². The van der Waals surface area contributed by atoms with Gasteiger partial charge in [0.25, 0.3) is 0 Å². The number of hydrogen-bond acceptors (Lipinski definition) is 2. The quantitative estimate of drug-likeness (QED) is 0.845. The second kappa shape index (κ2) is 6.93. The van der Waals surface area contributed by atoms with E-state index in [4.69, 9.17) is 5.11 Å². The molecule has 4 nitrogen and oxygen atoms in total. The van der Waals surface area contributed by atoms with Gasteiger partial charge in [-0.05, 0) is 24.1 Å². The minimum Gasteiger partial charge on any atom is -0.478 e. The highest BCUT2D eigenvalue weighted by molar-refractivity contribution is 5.87. The van der Waals surface area contributed by atoms with E-state index in [1.807, 2.05) is 0 Å². The van der Waals surface area contributed by atoms with E-state index in [0.29, 0.717) is 12.0 Å². The van der Waals surface area contributed by atoms with Crippen LogP contribution in [0.2, 0.25) is 0 Å². The van der Waals surface area contributed by atoms with Crippen molar-refractivity contribution in [1.82, 2.24) is 5.32 Å². The highest BCUT2D eigenvalue weighted by Gasteiger charge is 2.27. The van der Waals surface area contributed by atoms with Gasteiger partial charge in [-0.15, -0.1) is 0 Å². The van der Waals surface area contributed by atoms with E-state index < -0.39 is 30.9 Å². The minimum absolute atomic E-state index is 0.130. The van der Waals surface area contributed by atoms with Crippen LogP contribution in [0.5, 0.6) is 0 Å². The highest BCUT2D eigenvalue weighted by Crippen LogP contribution is 2.20. The zero-order valence-electron chi connectivity index (χ0n) is 10.5. The van der Waals surface area contributed by atoms with Crippen molar-refractivity contribution in [1.29, 1.82) is 0 Å². The smallest absolute Gasteiger partial charge is 0.389 e. The summed E-state index contributed by atoms with van der Waals surface area (Å²) in [7, 11) is 0. The molecule has 1 rings (SSSR count). The Bertz CT molecular complexity index is 486. The van der Waals surface area contributed by atoms with Crippen LogP contribution in [-0.4, -0.2) is 29.7 Å². The van der Waals surface area contributed by atoms with Gasteiger partial charge in [0.15, 0.2) is 0 Å². The number of hydrogen-bond donors (Lipinski definition) is 2. The molecule has 0 fully saturated rings. The van der Waals surface area contributed by atoms with Gasteiger partial charge in [0, 0.05) is 13.0 Å². The van der Waals surface area contributed by atoms with Crippen molar-refractivity contribution >= 4 is 11.9 Å². The summed E-state index contributed by atoms with van der Waals surface area (Å²) in [5, 5.41) is 11.2. The van der Waals surface area contributed by atoms with Gasteiger partial charge in [-0.1, -0.05) is 12.1 Å². The zero-order chi connectivity index (χ0) is 15.2. The summed E-state index contributed by atoms with van der Waals surface area (Å²) >= 11 is 0. The first kappa shape index (κ1) is 16.0. The Morgan fingerprint density at radius 1 is 1.25 bits per heavy atom. The van der Waals surface area contributed by atoms with Crippen LogP contribution in [0, 0.1) is 0 Å². The van der Waals surface area contributed by atoms with Gasteiger partial charge in [-0.25, -0.2) is 4.79 Å². The van der Waals surface area contributed by atoms with E-state index >= 15 is 0 Å². The number of carboxylic acid groups (broad SMARTS) is 1. The first-order valence-corrected chi connectivity index (χ1v) is 5.93. The van der Waals surface area contributed by atoms with Gasteiger partial charge in [0.1, 0.15) is 0 Å². The number of nitrogens with one attached hydrogen (secondary N) is 1. The van der Waals surface area contributed by atoms with Crippen molar-refractivity contribution in [3.8, 4) is 0 Å². The standard InChI is InChI=1S/C13H14F3NO3/c14-13(15,16)6-4-11(18)17-7-5-9-2-1-3-10(8-9)12(19)20/h1-3,8H,4-7H2,(H,17,18)(H,19,20). The van der Waals surface area contributed by atoms with Crippen molar-refractivity contribution in [2.75, 3.05) is 6.54 Å². The van der Waals surface area contributed by atoms with Gasteiger partial charge < -0.3 is 10.4 Å². The van der Waals surface area contributed by atoms with Crippen LogP contribution < -0.4 is 5.32 Å². The lowest BCUT2D eigenvalue weighted by atomic mass is 10.1. The van der Waals surface area contributed by atoms with E-state index in [2.05, 4.69) is 5.32 Å². The molecule has 110 valence electrons. The number of halogens is 3. The van der Waals surface area contributed by atoms with Crippen molar-refractivity contribution in [2.45, 2.75) is 25.4 Å². The summed E-state index contributed by atoms with van der Waals surface area (Å²) < 4.78 is 35.7. The Balaban J connectivity index is 2.35. The summed E-state index contributed by atoms with van der Waals surface area (Å²) in [5.74, 6) is -1.72. The normalized spacial score (nSPS) is 11.2. The van der Waals surface area contributed by atoms with Crippen LogP contribution in [-0.2, 0) is 11.2 Å². The molecule has 0 radical (unpaired) electrons.